The van der Waals surface area contributed by atoms with Gasteiger partial charge in [0.1, 0.15) is 6.61 Å². The number of nitrogen functional groups attached to an aromatic ring is 1. The molecule has 1 aromatic carbocycles. The van der Waals surface area contributed by atoms with Gasteiger partial charge in [0.15, 0.2) is 5.75 Å². The normalized spacial score (nSPS) is 10.6. The van der Waals surface area contributed by atoms with Crippen LogP contribution in [-0.2, 0) is 0 Å². The highest BCUT2D eigenvalue weighted by molar-refractivity contribution is 6.32. The Morgan fingerprint density at radius 2 is 2.31 bits per heavy atom. The lowest BCUT2D eigenvalue weighted by molar-refractivity contribution is 0.365. The van der Waals surface area contributed by atoms with Gasteiger partial charge in [-0.25, -0.2) is 0 Å². The molecule has 1 rings (SSSR count). The molecule has 0 fully saturated rings. The van der Waals surface area contributed by atoms with Crippen LogP contribution in [0.4, 0.5) is 5.69 Å². The molecule has 0 spiro atoms. The van der Waals surface area contributed by atoms with Crippen molar-refractivity contribution in [2.45, 2.75) is 6.92 Å². The van der Waals surface area contributed by atoms with Gasteiger partial charge in [-0.1, -0.05) is 29.8 Å². The molecule has 1 aromatic rings. The molecular formula is C10H12ClNO. The molecule has 0 saturated heterocycles. The van der Waals surface area contributed by atoms with E-state index in [1.54, 1.807) is 18.2 Å². The summed E-state index contributed by atoms with van der Waals surface area (Å²) in [5, 5.41) is 0.546. The Kier molecular flexibility index (Phi) is 3.65. The van der Waals surface area contributed by atoms with E-state index in [9.17, 15) is 0 Å². The van der Waals surface area contributed by atoms with Crippen LogP contribution in [0.1, 0.15) is 6.92 Å². The Hall–Kier alpha value is -1.15. The summed E-state index contributed by atoms with van der Waals surface area (Å²) in [5.41, 5.74) is 6.24. The highest BCUT2D eigenvalue weighted by Gasteiger charge is 2.03. The first-order valence-electron chi connectivity index (χ1n) is 4.03. The molecule has 0 aliphatic rings. The fourth-order valence-corrected chi connectivity index (χ4v) is 1.14. The molecular weight excluding hydrogens is 186 g/mol. The topological polar surface area (TPSA) is 35.2 Å². The predicted octanol–water partition coefficient (Wildman–Crippen LogP) is 2.88. The van der Waals surface area contributed by atoms with Crippen molar-refractivity contribution in [1.82, 2.24) is 0 Å². The number of nitrogens with two attached hydrogens (primary N) is 1. The molecule has 0 aliphatic heterocycles. The first-order chi connectivity index (χ1) is 6.25. The zero-order valence-electron chi connectivity index (χ0n) is 7.46. The van der Waals surface area contributed by atoms with Crippen molar-refractivity contribution in [3.8, 4) is 5.75 Å². The summed E-state index contributed by atoms with van der Waals surface area (Å²) in [5.74, 6) is 0.558. The molecule has 2 nitrogen and oxygen atoms in total. The minimum Gasteiger partial charge on any atom is -0.486 e. The van der Waals surface area contributed by atoms with E-state index in [1.807, 2.05) is 19.1 Å². The Morgan fingerprint density at radius 3 is 2.92 bits per heavy atom. The van der Waals surface area contributed by atoms with Gasteiger partial charge in [-0.3, -0.25) is 0 Å². The Balaban J connectivity index is 2.75. The Labute approximate surface area is 83.0 Å². The molecule has 2 N–H and O–H groups in total. The highest BCUT2D eigenvalue weighted by Crippen LogP contribution is 2.30. The summed E-state index contributed by atoms with van der Waals surface area (Å²) in [7, 11) is 0. The summed E-state index contributed by atoms with van der Waals surface area (Å²) < 4.78 is 5.36. The van der Waals surface area contributed by atoms with Gasteiger partial charge in [-0.15, -0.1) is 0 Å². The maximum atomic E-state index is 5.88. The second-order valence-corrected chi connectivity index (χ2v) is 2.95. The minimum atomic E-state index is 0.491. The second-order valence-electron chi connectivity index (χ2n) is 2.54. The molecule has 0 heterocycles. The van der Waals surface area contributed by atoms with Crippen molar-refractivity contribution < 1.29 is 4.74 Å². The summed E-state index contributed by atoms with van der Waals surface area (Å²) >= 11 is 5.88. The number of benzene rings is 1. The van der Waals surface area contributed by atoms with Gasteiger partial charge in [0.05, 0.1) is 10.7 Å². The minimum absolute atomic E-state index is 0.491. The molecule has 0 radical (unpaired) electrons. The van der Waals surface area contributed by atoms with E-state index >= 15 is 0 Å². The van der Waals surface area contributed by atoms with Crippen LogP contribution in [0.2, 0.25) is 5.02 Å². The zero-order chi connectivity index (χ0) is 9.68. The van der Waals surface area contributed by atoms with E-state index in [0.29, 0.717) is 23.1 Å². The number of allylic oxidation sites excluding steroid dienone is 1. The van der Waals surface area contributed by atoms with Crippen molar-refractivity contribution in [2.75, 3.05) is 12.3 Å². The number of para-hydroxylation sites is 1. The van der Waals surface area contributed by atoms with E-state index < -0.39 is 0 Å². The number of rotatable bonds is 3. The SMILES string of the molecule is C/C=C/COc1c(N)cccc1Cl. The van der Waals surface area contributed by atoms with Gasteiger partial charge in [-0.2, -0.15) is 0 Å². The second kappa shape index (κ2) is 4.77. The van der Waals surface area contributed by atoms with E-state index in [1.165, 1.54) is 0 Å². The van der Waals surface area contributed by atoms with Gasteiger partial charge >= 0.3 is 0 Å². The quantitative estimate of drug-likeness (QED) is 0.598. The number of ether oxygens (including phenoxy) is 1. The van der Waals surface area contributed by atoms with Crippen molar-refractivity contribution in [2.24, 2.45) is 0 Å². The summed E-state index contributed by atoms with van der Waals surface area (Å²) in [6.45, 7) is 2.42. The van der Waals surface area contributed by atoms with Crippen LogP contribution >= 0.6 is 11.6 Å². The number of hydrogen-bond acceptors (Lipinski definition) is 2. The standard InChI is InChI=1S/C10H12ClNO/c1-2-3-7-13-10-8(11)5-4-6-9(10)12/h2-6H,7,12H2,1H3/b3-2+. The number of halogens is 1. The third-order valence-electron chi connectivity index (χ3n) is 1.56. The third kappa shape index (κ3) is 2.67. The van der Waals surface area contributed by atoms with Gasteiger partial charge in [0, 0.05) is 0 Å². The predicted molar refractivity (Wildman–Crippen MR) is 56.2 cm³/mol. The summed E-state index contributed by atoms with van der Waals surface area (Å²) in [6.07, 6.45) is 3.80. The van der Waals surface area contributed by atoms with Gasteiger partial charge in [0.25, 0.3) is 0 Å². The number of hydrogen-bond donors (Lipinski definition) is 1. The van der Waals surface area contributed by atoms with Crippen LogP contribution in [0.25, 0.3) is 0 Å². The molecule has 0 aliphatic carbocycles. The van der Waals surface area contributed by atoms with Crippen molar-refractivity contribution in [1.29, 1.82) is 0 Å². The lowest BCUT2D eigenvalue weighted by atomic mass is 10.3. The first kappa shape index (κ1) is 9.93. The van der Waals surface area contributed by atoms with E-state index in [-0.39, 0.29) is 0 Å². The Morgan fingerprint density at radius 1 is 1.54 bits per heavy atom. The van der Waals surface area contributed by atoms with Crippen molar-refractivity contribution in [3.63, 3.8) is 0 Å². The van der Waals surface area contributed by atoms with E-state index in [4.69, 9.17) is 22.1 Å². The largest absolute Gasteiger partial charge is 0.486 e. The molecule has 0 aromatic heterocycles. The summed E-state index contributed by atoms with van der Waals surface area (Å²) in [6, 6.07) is 5.31. The van der Waals surface area contributed by atoms with Crippen molar-refractivity contribution >= 4 is 17.3 Å². The molecule has 70 valence electrons. The van der Waals surface area contributed by atoms with Crippen LogP contribution in [0.15, 0.2) is 30.4 Å². The fraction of sp³-hybridized carbons (Fsp3) is 0.200. The lowest BCUT2D eigenvalue weighted by Gasteiger charge is -2.07. The Bertz CT molecular complexity index is 290. The zero-order valence-corrected chi connectivity index (χ0v) is 8.21. The van der Waals surface area contributed by atoms with Crippen LogP contribution in [0.5, 0.6) is 5.75 Å². The van der Waals surface area contributed by atoms with Crippen LogP contribution < -0.4 is 10.5 Å². The smallest absolute Gasteiger partial charge is 0.161 e. The van der Waals surface area contributed by atoms with E-state index in [2.05, 4.69) is 0 Å². The molecule has 3 heteroatoms. The van der Waals surface area contributed by atoms with Gasteiger partial charge in [0.2, 0.25) is 0 Å². The van der Waals surface area contributed by atoms with Gasteiger partial charge in [-0.05, 0) is 19.1 Å². The third-order valence-corrected chi connectivity index (χ3v) is 1.85. The molecule has 0 saturated carbocycles. The monoisotopic (exact) mass is 197 g/mol. The van der Waals surface area contributed by atoms with Crippen LogP contribution in [0, 0.1) is 0 Å². The molecule has 0 atom stereocenters. The maximum Gasteiger partial charge on any atom is 0.161 e. The molecule has 0 amide bonds. The average molecular weight is 198 g/mol. The van der Waals surface area contributed by atoms with Crippen LogP contribution in [0.3, 0.4) is 0 Å². The molecule has 13 heavy (non-hydrogen) atoms. The van der Waals surface area contributed by atoms with Crippen molar-refractivity contribution in [3.05, 3.63) is 35.4 Å². The van der Waals surface area contributed by atoms with E-state index in [0.717, 1.165) is 0 Å². The maximum absolute atomic E-state index is 5.88. The van der Waals surface area contributed by atoms with Crippen LogP contribution in [-0.4, -0.2) is 6.61 Å². The first-order valence-corrected chi connectivity index (χ1v) is 4.41. The summed E-state index contributed by atoms with van der Waals surface area (Å²) in [4.78, 5) is 0. The van der Waals surface area contributed by atoms with Gasteiger partial charge < -0.3 is 10.5 Å². The average Bonchev–Trinajstić information content (AvgIpc) is 2.10. The molecule has 0 unspecified atom stereocenters. The number of anilines is 1. The molecule has 0 bridgehead atoms. The lowest BCUT2D eigenvalue weighted by Crippen LogP contribution is -1.98. The highest BCUT2D eigenvalue weighted by atomic mass is 35.5. The fourth-order valence-electron chi connectivity index (χ4n) is 0.905.